The minimum Gasteiger partial charge on any atom is -0.465 e. The van der Waals surface area contributed by atoms with Crippen LogP contribution in [0.3, 0.4) is 0 Å². The standard InChI is InChI=1S/C18H16N2O4S2/c1-23-17(21)13-7-3-5-9-15(13)25-19-11-12-20-26-16-10-6-4-8-14(16)18(22)24-2/h3-12H,1-2H3. The van der Waals surface area contributed by atoms with Crippen LogP contribution in [0.2, 0.25) is 0 Å². The van der Waals surface area contributed by atoms with Crippen molar-refractivity contribution in [3.8, 4) is 0 Å². The van der Waals surface area contributed by atoms with Crippen LogP contribution in [0.25, 0.3) is 0 Å². The Morgan fingerprint density at radius 2 is 1.15 bits per heavy atom. The van der Waals surface area contributed by atoms with E-state index in [2.05, 4.69) is 8.80 Å². The second-order valence-corrected chi connectivity index (χ2v) is 6.33. The van der Waals surface area contributed by atoms with E-state index in [0.29, 0.717) is 20.9 Å². The predicted octanol–water partition coefficient (Wildman–Crippen LogP) is 4.12. The molecule has 2 aromatic carbocycles. The van der Waals surface area contributed by atoms with Crippen molar-refractivity contribution in [3.05, 3.63) is 59.7 Å². The molecule has 134 valence electrons. The number of benzene rings is 2. The Bertz CT molecular complexity index is 768. The first-order chi connectivity index (χ1) is 12.7. The summed E-state index contributed by atoms with van der Waals surface area (Å²) in [5.74, 6) is -0.820. The van der Waals surface area contributed by atoms with Crippen LogP contribution in [-0.2, 0) is 9.47 Å². The molecule has 8 heteroatoms. The maximum Gasteiger partial charge on any atom is 0.339 e. The topological polar surface area (TPSA) is 77.3 Å². The fourth-order valence-electron chi connectivity index (χ4n) is 1.88. The predicted molar refractivity (Wildman–Crippen MR) is 104 cm³/mol. The molecule has 6 nitrogen and oxygen atoms in total. The molecule has 0 aromatic heterocycles. The van der Waals surface area contributed by atoms with E-state index < -0.39 is 11.9 Å². The first-order valence-corrected chi connectivity index (χ1v) is 8.96. The lowest BCUT2D eigenvalue weighted by Crippen LogP contribution is -2.02. The summed E-state index contributed by atoms with van der Waals surface area (Å²) in [4.78, 5) is 24.7. The molecule has 0 saturated heterocycles. The van der Waals surface area contributed by atoms with Gasteiger partial charge in [0.2, 0.25) is 0 Å². The SMILES string of the molecule is COC(=O)c1ccccc1SN=CC=NSc1ccccc1C(=O)OC. The average molecular weight is 388 g/mol. The number of esters is 2. The van der Waals surface area contributed by atoms with Crippen LogP contribution in [0.1, 0.15) is 20.7 Å². The molecule has 0 aliphatic rings. The van der Waals surface area contributed by atoms with E-state index in [1.807, 2.05) is 12.1 Å². The molecular weight excluding hydrogens is 372 g/mol. The molecule has 0 saturated carbocycles. The highest BCUT2D eigenvalue weighted by Crippen LogP contribution is 2.25. The zero-order valence-electron chi connectivity index (χ0n) is 14.1. The van der Waals surface area contributed by atoms with Gasteiger partial charge in [-0.3, -0.25) is 0 Å². The Balaban J connectivity index is 1.96. The van der Waals surface area contributed by atoms with E-state index in [4.69, 9.17) is 9.47 Å². The lowest BCUT2D eigenvalue weighted by atomic mass is 10.2. The Morgan fingerprint density at radius 3 is 1.54 bits per heavy atom. The van der Waals surface area contributed by atoms with Gasteiger partial charge in [0.05, 0.1) is 37.8 Å². The molecule has 0 fully saturated rings. The summed E-state index contributed by atoms with van der Waals surface area (Å²) in [6.45, 7) is 0. The molecule has 2 aromatic rings. The van der Waals surface area contributed by atoms with Crippen LogP contribution in [-0.4, -0.2) is 38.6 Å². The molecule has 0 N–H and O–H groups in total. The minimum absolute atomic E-state index is 0.410. The fraction of sp³-hybridized carbons (Fsp3) is 0.111. The van der Waals surface area contributed by atoms with Crippen molar-refractivity contribution in [2.45, 2.75) is 9.79 Å². The maximum absolute atomic E-state index is 11.7. The second-order valence-electron chi connectivity index (χ2n) is 4.67. The highest BCUT2D eigenvalue weighted by Gasteiger charge is 2.11. The van der Waals surface area contributed by atoms with Gasteiger partial charge in [0.1, 0.15) is 0 Å². The van der Waals surface area contributed by atoms with Gasteiger partial charge in [-0.25, -0.2) is 18.4 Å². The fourth-order valence-corrected chi connectivity index (χ4v) is 3.11. The molecule has 0 bridgehead atoms. The van der Waals surface area contributed by atoms with Gasteiger partial charge in [-0.2, -0.15) is 0 Å². The summed E-state index contributed by atoms with van der Waals surface area (Å²) < 4.78 is 17.8. The first kappa shape index (κ1) is 19.7. The Kier molecular flexibility index (Phi) is 7.91. The number of methoxy groups -OCH3 is 2. The number of hydrogen-bond acceptors (Lipinski definition) is 8. The number of ether oxygens (including phenoxy) is 2. The van der Waals surface area contributed by atoms with Gasteiger partial charge in [0, 0.05) is 33.7 Å². The third-order valence-electron chi connectivity index (χ3n) is 3.08. The van der Waals surface area contributed by atoms with E-state index in [1.165, 1.54) is 26.6 Å². The Morgan fingerprint density at radius 1 is 0.769 bits per heavy atom. The third kappa shape index (κ3) is 5.47. The minimum atomic E-state index is -0.410. The summed E-state index contributed by atoms with van der Waals surface area (Å²) in [5, 5.41) is 0. The van der Waals surface area contributed by atoms with E-state index in [0.717, 1.165) is 23.9 Å². The average Bonchev–Trinajstić information content (AvgIpc) is 2.70. The zero-order chi connectivity index (χ0) is 18.8. The van der Waals surface area contributed by atoms with Crippen LogP contribution >= 0.6 is 23.9 Å². The molecule has 0 spiro atoms. The van der Waals surface area contributed by atoms with E-state index in [1.54, 1.807) is 36.4 Å². The highest BCUT2D eigenvalue weighted by molar-refractivity contribution is 7.98. The van der Waals surface area contributed by atoms with Crippen LogP contribution < -0.4 is 0 Å². The van der Waals surface area contributed by atoms with Crippen molar-refractivity contribution in [2.75, 3.05) is 14.2 Å². The summed E-state index contributed by atoms with van der Waals surface area (Å²) in [5.41, 5.74) is 0.908. The Hall–Kier alpha value is -2.58. The number of rotatable bonds is 7. The van der Waals surface area contributed by atoms with Crippen molar-refractivity contribution >= 4 is 48.3 Å². The normalized spacial score (nSPS) is 11.0. The van der Waals surface area contributed by atoms with Crippen molar-refractivity contribution in [2.24, 2.45) is 8.80 Å². The van der Waals surface area contributed by atoms with Crippen molar-refractivity contribution in [1.82, 2.24) is 0 Å². The molecule has 0 atom stereocenters. The van der Waals surface area contributed by atoms with Gasteiger partial charge >= 0.3 is 11.9 Å². The third-order valence-corrected chi connectivity index (χ3v) is 4.63. The molecule has 0 aliphatic heterocycles. The molecular formula is C18H16N2O4S2. The summed E-state index contributed by atoms with van der Waals surface area (Å²) in [6, 6.07) is 14.1. The quantitative estimate of drug-likeness (QED) is 0.403. The highest BCUT2D eigenvalue weighted by atomic mass is 32.2. The summed E-state index contributed by atoms with van der Waals surface area (Å²) in [7, 11) is 2.67. The van der Waals surface area contributed by atoms with Crippen LogP contribution in [0, 0.1) is 0 Å². The van der Waals surface area contributed by atoms with Crippen LogP contribution in [0.5, 0.6) is 0 Å². The van der Waals surface area contributed by atoms with Gasteiger partial charge in [-0.05, 0) is 24.3 Å². The van der Waals surface area contributed by atoms with Gasteiger partial charge in [0.25, 0.3) is 0 Å². The number of carbonyl (C=O) groups is 2. The molecule has 0 aliphatic carbocycles. The molecule has 26 heavy (non-hydrogen) atoms. The molecule has 0 radical (unpaired) electrons. The van der Waals surface area contributed by atoms with E-state index in [9.17, 15) is 9.59 Å². The smallest absolute Gasteiger partial charge is 0.339 e. The van der Waals surface area contributed by atoms with Crippen molar-refractivity contribution in [3.63, 3.8) is 0 Å². The largest absolute Gasteiger partial charge is 0.465 e. The van der Waals surface area contributed by atoms with E-state index in [-0.39, 0.29) is 0 Å². The lowest BCUT2D eigenvalue weighted by molar-refractivity contribution is 0.0588. The van der Waals surface area contributed by atoms with E-state index >= 15 is 0 Å². The lowest BCUT2D eigenvalue weighted by Gasteiger charge is -2.03. The van der Waals surface area contributed by atoms with Crippen molar-refractivity contribution in [1.29, 1.82) is 0 Å². The number of hydrogen-bond donors (Lipinski definition) is 0. The van der Waals surface area contributed by atoms with Gasteiger partial charge in [-0.15, -0.1) is 0 Å². The molecule has 0 unspecified atom stereocenters. The van der Waals surface area contributed by atoms with Gasteiger partial charge < -0.3 is 9.47 Å². The monoisotopic (exact) mass is 388 g/mol. The molecule has 2 rings (SSSR count). The number of nitrogens with zero attached hydrogens (tertiary/aromatic N) is 2. The van der Waals surface area contributed by atoms with Crippen molar-refractivity contribution < 1.29 is 19.1 Å². The Labute approximate surface area is 160 Å². The zero-order valence-corrected chi connectivity index (χ0v) is 15.8. The summed E-state index contributed by atoms with van der Waals surface area (Å²) in [6.07, 6.45) is 3.01. The second kappa shape index (κ2) is 10.4. The van der Waals surface area contributed by atoms with Gasteiger partial charge in [-0.1, -0.05) is 24.3 Å². The van der Waals surface area contributed by atoms with Crippen LogP contribution in [0.15, 0.2) is 67.1 Å². The molecule has 0 heterocycles. The van der Waals surface area contributed by atoms with Crippen LogP contribution in [0.4, 0.5) is 0 Å². The first-order valence-electron chi connectivity index (χ1n) is 7.41. The maximum atomic E-state index is 11.7. The summed E-state index contributed by atoms with van der Waals surface area (Å²) >= 11 is 2.29. The molecule has 0 amide bonds. The number of carbonyl (C=O) groups excluding carboxylic acids is 2. The van der Waals surface area contributed by atoms with Gasteiger partial charge in [0.15, 0.2) is 0 Å².